The highest BCUT2D eigenvalue weighted by atomic mass is 35.5. The number of pyridine rings is 1. The van der Waals surface area contributed by atoms with Crippen molar-refractivity contribution in [2.45, 2.75) is 26.3 Å². The van der Waals surface area contributed by atoms with Crippen LogP contribution in [0.2, 0.25) is 0 Å². The minimum absolute atomic E-state index is 0. The number of nitrogens with one attached hydrogen (secondary N) is 1. The highest BCUT2D eigenvalue weighted by Crippen LogP contribution is 2.22. The van der Waals surface area contributed by atoms with E-state index in [2.05, 4.69) is 22.2 Å². The first-order chi connectivity index (χ1) is 9.04. The molecule has 2 heterocycles. The molecule has 0 unspecified atom stereocenters. The van der Waals surface area contributed by atoms with Gasteiger partial charge in [-0.2, -0.15) is 0 Å². The molecule has 1 aliphatic heterocycles. The maximum atomic E-state index is 11.7. The molecule has 0 radical (unpaired) electrons. The number of hydrogen-bond donors (Lipinski definition) is 1. The molecule has 1 aliphatic rings. The molecule has 1 aromatic heterocycles. The summed E-state index contributed by atoms with van der Waals surface area (Å²) in [6.45, 7) is 5.80. The van der Waals surface area contributed by atoms with Gasteiger partial charge >= 0.3 is 5.97 Å². The number of carbonyl (C=O) groups is 1. The summed E-state index contributed by atoms with van der Waals surface area (Å²) in [7, 11) is 3.45. The Bertz CT molecular complexity index is 464. The number of halogens is 1. The van der Waals surface area contributed by atoms with E-state index < -0.39 is 0 Å². The van der Waals surface area contributed by atoms with Crippen LogP contribution >= 0.6 is 12.4 Å². The van der Waals surface area contributed by atoms with Gasteiger partial charge in [-0.1, -0.05) is 0 Å². The molecule has 0 aromatic carbocycles. The molecule has 1 atom stereocenters. The van der Waals surface area contributed by atoms with E-state index in [1.54, 1.807) is 0 Å². The van der Waals surface area contributed by atoms with Crippen molar-refractivity contribution in [2.24, 2.45) is 0 Å². The Labute approximate surface area is 126 Å². The van der Waals surface area contributed by atoms with Crippen molar-refractivity contribution in [3.05, 3.63) is 22.9 Å². The van der Waals surface area contributed by atoms with E-state index in [4.69, 9.17) is 4.74 Å². The fourth-order valence-corrected chi connectivity index (χ4v) is 2.56. The zero-order valence-corrected chi connectivity index (χ0v) is 13.2. The summed E-state index contributed by atoms with van der Waals surface area (Å²) in [5.41, 5.74) is 2.20. The van der Waals surface area contributed by atoms with Gasteiger partial charge in [0.2, 0.25) is 0 Å². The largest absolute Gasteiger partial charge is 0.465 e. The van der Waals surface area contributed by atoms with Gasteiger partial charge in [-0.25, -0.2) is 9.78 Å². The molecular formula is C14H22ClN3O2. The molecule has 0 spiro atoms. The summed E-state index contributed by atoms with van der Waals surface area (Å²) in [6.07, 6.45) is 1.12. The SMILES string of the molecule is COC(=O)c1c(C)cc(N(C)[C@H]2CCNC2)nc1C.Cl. The molecular weight excluding hydrogens is 278 g/mol. The average molecular weight is 300 g/mol. The number of carbonyl (C=O) groups excluding carboxylic acids is 1. The van der Waals surface area contributed by atoms with E-state index in [9.17, 15) is 4.79 Å². The lowest BCUT2D eigenvalue weighted by Gasteiger charge is -2.26. The predicted molar refractivity (Wildman–Crippen MR) is 82.0 cm³/mol. The fourth-order valence-electron chi connectivity index (χ4n) is 2.56. The molecule has 0 amide bonds. The number of hydrogen-bond acceptors (Lipinski definition) is 5. The van der Waals surface area contributed by atoms with E-state index in [1.165, 1.54) is 7.11 Å². The van der Waals surface area contributed by atoms with Crippen LogP contribution in [0, 0.1) is 13.8 Å². The third kappa shape index (κ3) is 3.22. The van der Waals surface area contributed by atoms with Crippen LogP contribution in [0.3, 0.4) is 0 Å². The van der Waals surface area contributed by atoms with Crippen molar-refractivity contribution in [3.63, 3.8) is 0 Å². The van der Waals surface area contributed by atoms with Gasteiger partial charge in [-0.05, 0) is 38.4 Å². The summed E-state index contributed by atoms with van der Waals surface area (Å²) in [5, 5.41) is 3.35. The Kier molecular flexibility index (Phi) is 5.77. The molecule has 0 aliphatic carbocycles. The van der Waals surface area contributed by atoms with E-state index in [0.29, 0.717) is 11.6 Å². The molecule has 0 saturated carbocycles. The van der Waals surface area contributed by atoms with Gasteiger partial charge in [0.05, 0.1) is 18.4 Å². The van der Waals surface area contributed by atoms with Gasteiger partial charge in [0.1, 0.15) is 5.82 Å². The predicted octanol–water partition coefficient (Wildman–Crippen LogP) is 1.70. The van der Waals surface area contributed by atoms with Crippen molar-refractivity contribution in [3.8, 4) is 0 Å². The number of nitrogens with zero attached hydrogens (tertiary/aromatic N) is 2. The third-order valence-electron chi connectivity index (χ3n) is 3.72. The summed E-state index contributed by atoms with van der Waals surface area (Å²) in [6, 6.07) is 2.42. The first kappa shape index (κ1) is 16.7. The average Bonchev–Trinajstić information content (AvgIpc) is 2.90. The number of likely N-dealkylation sites (N-methyl/N-ethyl adjacent to an activating group) is 1. The van der Waals surface area contributed by atoms with Gasteiger partial charge in [-0.3, -0.25) is 0 Å². The maximum Gasteiger partial charge on any atom is 0.339 e. The molecule has 1 saturated heterocycles. The number of methoxy groups -OCH3 is 1. The van der Waals surface area contributed by atoms with Crippen LogP contribution in [0.1, 0.15) is 28.0 Å². The number of anilines is 1. The molecule has 1 N–H and O–H groups in total. The smallest absolute Gasteiger partial charge is 0.339 e. The monoisotopic (exact) mass is 299 g/mol. The third-order valence-corrected chi connectivity index (χ3v) is 3.72. The summed E-state index contributed by atoms with van der Waals surface area (Å²) in [4.78, 5) is 18.4. The highest BCUT2D eigenvalue weighted by Gasteiger charge is 2.22. The lowest BCUT2D eigenvalue weighted by atomic mass is 10.1. The quantitative estimate of drug-likeness (QED) is 0.861. The minimum atomic E-state index is -0.320. The second kappa shape index (κ2) is 6.90. The molecule has 1 fully saturated rings. The number of aryl methyl sites for hydroxylation is 2. The lowest BCUT2D eigenvalue weighted by Crippen LogP contribution is -2.34. The standard InChI is InChI=1S/C14H21N3O2.ClH/c1-9-7-12(17(3)11-5-6-15-8-11)16-10(2)13(9)14(18)19-4;/h7,11,15H,5-6,8H2,1-4H3;1H/t11-;/m0./s1. The Hall–Kier alpha value is -1.33. The zero-order valence-electron chi connectivity index (χ0n) is 12.4. The number of ether oxygens (including phenoxy) is 1. The Balaban J connectivity index is 0.00000200. The molecule has 6 heteroatoms. The van der Waals surface area contributed by atoms with Gasteiger partial charge < -0.3 is 15.0 Å². The molecule has 5 nitrogen and oxygen atoms in total. The Morgan fingerprint density at radius 1 is 1.50 bits per heavy atom. The Morgan fingerprint density at radius 3 is 2.70 bits per heavy atom. The van der Waals surface area contributed by atoms with Gasteiger partial charge in [0.15, 0.2) is 0 Å². The van der Waals surface area contributed by atoms with Crippen molar-refractivity contribution in [1.82, 2.24) is 10.3 Å². The van der Waals surface area contributed by atoms with Gasteiger partial charge in [0, 0.05) is 19.6 Å². The molecule has 20 heavy (non-hydrogen) atoms. The lowest BCUT2D eigenvalue weighted by molar-refractivity contribution is 0.0598. The van der Waals surface area contributed by atoms with Crippen LogP contribution < -0.4 is 10.2 Å². The molecule has 1 aromatic rings. The van der Waals surface area contributed by atoms with Gasteiger partial charge in [-0.15, -0.1) is 12.4 Å². The van der Waals surface area contributed by atoms with E-state index in [-0.39, 0.29) is 18.4 Å². The summed E-state index contributed by atoms with van der Waals surface area (Å²) >= 11 is 0. The number of esters is 1. The first-order valence-corrected chi connectivity index (χ1v) is 6.54. The fraction of sp³-hybridized carbons (Fsp3) is 0.571. The summed E-state index contributed by atoms with van der Waals surface area (Å²) < 4.78 is 4.80. The zero-order chi connectivity index (χ0) is 14.0. The number of rotatable bonds is 3. The van der Waals surface area contributed by atoms with Crippen LogP contribution in [0.25, 0.3) is 0 Å². The normalized spacial score (nSPS) is 17.5. The van der Waals surface area contributed by atoms with Crippen LogP contribution in [0.5, 0.6) is 0 Å². The van der Waals surface area contributed by atoms with Crippen LogP contribution in [-0.2, 0) is 4.74 Å². The van der Waals surface area contributed by atoms with Crippen molar-refractivity contribution < 1.29 is 9.53 Å². The second-order valence-electron chi connectivity index (χ2n) is 5.01. The van der Waals surface area contributed by atoms with Crippen molar-refractivity contribution in [2.75, 3.05) is 32.1 Å². The van der Waals surface area contributed by atoms with Crippen molar-refractivity contribution >= 4 is 24.2 Å². The summed E-state index contributed by atoms with van der Waals surface area (Å²) in [5.74, 6) is 0.593. The highest BCUT2D eigenvalue weighted by molar-refractivity contribution is 5.92. The van der Waals surface area contributed by atoms with Crippen LogP contribution in [0.15, 0.2) is 6.07 Å². The van der Waals surface area contributed by atoms with Gasteiger partial charge in [0.25, 0.3) is 0 Å². The van der Waals surface area contributed by atoms with E-state index in [1.807, 2.05) is 19.9 Å². The van der Waals surface area contributed by atoms with Crippen molar-refractivity contribution in [1.29, 1.82) is 0 Å². The topological polar surface area (TPSA) is 54.5 Å². The first-order valence-electron chi connectivity index (χ1n) is 6.54. The maximum absolute atomic E-state index is 11.7. The van der Waals surface area contributed by atoms with E-state index in [0.717, 1.165) is 36.6 Å². The molecule has 0 bridgehead atoms. The number of aromatic nitrogens is 1. The second-order valence-corrected chi connectivity index (χ2v) is 5.01. The molecule has 2 rings (SSSR count). The Morgan fingerprint density at radius 2 is 2.20 bits per heavy atom. The van der Waals surface area contributed by atoms with Crippen LogP contribution in [-0.4, -0.2) is 44.2 Å². The van der Waals surface area contributed by atoms with Crippen LogP contribution in [0.4, 0.5) is 5.82 Å². The van der Waals surface area contributed by atoms with E-state index >= 15 is 0 Å². The minimum Gasteiger partial charge on any atom is -0.465 e. The molecule has 112 valence electrons.